The summed E-state index contributed by atoms with van der Waals surface area (Å²) in [6.45, 7) is 4.80. The van der Waals surface area contributed by atoms with Gasteiger partial charge in [-0.15, -0.1) is 11.3 Å². The quantitative estimate of drug-likeness (QED) is 0.696. The Morgan fingerprint density at radius 3 is 2.35 bits per heavy atom. The molecule has 10 heteroatoms. The summed E-state index contributed by atoms with van der Waals surface area (Å²) >= 11 is 13.2. The van der Waals surface area contributed by atoms with Gasteiger partial charge in [-0.1, -0.05) is 23.2 Å². The van der Waals surface area contributed by atoms with Crippen LogP contribution in [0.4, 0.5) is 0 Å². The lowest BCUT2D eigenvalue weighted by Crippen LogP contribution is -2.50. The minimum atomic E-state index is -3.54. The number of aryl methyl sites for hydroxylation is 2. The third-order valence-electron chi connectivity index (χ3n) is 4.18. The molecular formula is C16H17Cl2N3O3S2. The zero-order valence-electron chi connectivity index (χ0n) is 14.2. The van der Waals surface area contributed by atoms with Crippen LogP contribution < -0.4 is 0 Å². The number of hydrogen-bond donors (Lipinski definition) is 0. The average Bonchev–Trinajstić information content (AvgIpc) is 2.96. The van der Waals surface area contributed by atoms with E-state index in [2.05, 4.69) is 4.98 Å². The number of thiophene rings is 1. The van der Waals surface area contributed by atoms with Crippen LogP contribution in [0.3, 0.4) is 0 Å². The van der Waals surface area contributed by atoms with Crippen LogP contribution in [0.5, 0.6) is 0 Å². The highest BCUT2D eigenvalue weighted by Crippen LogP contribution is 2.28. The summed E-state index contributed by atoms with van der Waals surface area (Å²) in [5.74, 6) is -0.240. The second-order valence-corrected chi connectivity index (χ2v) is 10.1. The number of nitrogens with zero attached hydrogens (tertiary/aromatic N) is 3. The summed E-state index contributed by atoms with van der Waals surface area (Å²) in [6, 6.07) is 3.17. The highest BCUT2D eigenvalue weighted by atomic mass is 35.5. The molecule has 2 aromatic rings. The Labute approximate surface area is 166 Å². The summed E-state index contributed by atoms with van der Waals surface area (Å²) in [5, 5.41) is 0.350. The van der Waals surface area contributed by atoms with Gasteiger partial charge in [0.15, 0.2) is 0 Å². The topological polar surface area (TPSA) is 70.6 Å². The van der Waals surface area contributed by atoms with Gasteiger partial charge < -0.3 is 4.90 Å². The van der Waals surface area contributed by atoms with Crippen LogP contribution in [-0.2, 0) is 10.0 Å². The molecule has 3 heterocycles. The van der Waals surface area contributed by atoms with Gasteiger partial charge in [0.1, 0.15) is 5.15 Å². The number of pyridine rings is 1. The van der Waals surface area contributed by atoms with Crippen molar-refractivity contribution in [2.24, 2.45) is 0 Å². The average molecular weight is 434 g/mol. The smallest absolute Gasteiger partial charge is 0.255 e. The van der Waals surface area contributed by atoms with Gasteiger partial charge in [-0.05, 0) is 26.0 Å². The number of carbonyl (C=O) groups excluding carboxylic acids is 1. The Morgan fingerprint density at radius 2 is 1.81 bits per heavy atom. The largest absolute Gasteiger partial charge is 0.336 e. The molecule has 6 nitrogen and oxygen atoms in total. The first-order valence-electron chi connectivity index (χ1n) is 7.87. The molecule has 2 aromatic heterocycles. The van der Waals surface area contributed by atoms with Crippen LogP contribution in [-0.4, -0.2) is 54.7 Å². The predicted octanol–water partition coefficient (Wildman–Crippen LogP) is 3.21. The van der Waals surface area contributed by atoms with E-state index in [-0.39, 0.29) is 29.2 Å². The van der Waals surface area contributed by atoms with Crippen LogP contribution >= 0.6 is 34.5 Å². The standard InChI is InChI=1S/C16H17Cl2N3O3S2/c1-10-7-14(11(2)25-10)26(23,24)21-5-3-20(4-6-21)16(22)12-8-13(17)15(18)19-9-12/h7-9H,3-6H2,1-2H3. The molecule has 0 saturated carbocycles. The molecule has 1 aliphatic rings. The van der Waals surface area contributed by atoms with Gasteiger partial charge in [0.05, 0.1) is 15.5 Å². The Hall–Kier alpha value is -1.19. The lowest BCUT2D eigenvalue weighted by atomic mass is 10.2. The van der Waals surface area contributed by atoms with Crippen molar-refractivity contribution in [3.05, 3.63) is 43.8 Å². The first-order valence-corrected chi connectivity index (χ1v) is 10.9. The molecule has 1 aliphatic heterocycles. The zero-order chi connectivity index (χ0) is 19.1. The first kappa shape index (κ1) is 19.6. The lowest BCUT2D eigenvalue weighted by molar-refractivity contribution is 0.0697. The molecule has 0 bridgehead atoms. The fourth-order valence-electron chi connectivity index (χ4n) is 2.85. The van der Waals surface area contributed by atoms with Crippen LogP contribution in [0.25, 0.3) is 0 Å². The summed E-state index contributed by atoms with van der Waals surface area (Å²) in [6.07, 6.45) is 1.37. The molecule has 0 unspecified atom stereocenters. The molecular weight excluding hydrogens is 417 g/mol. The maximum absolute atomic E-state index is 12.8. The van der Waals surface area contributed by atoms with Gasteiger partial charge in [-0.25, -0.2) is 13.4 Å². The van der Waals surface area contributed by atoms with Crippen molar-refractivity contribution in [2.45, 2.75) is 18.7 Å². The summed E-state index contributed by atoms with van der Waals surface area (Å²) < 4.78 is 27.1. The monoisotopic (exact) mass is 433 g/mol. The van der Waals surface area contributed by atoms with E-state index in [1.165, 1.54) is 27.9 Å². The third kappa shape index (κ3) is 3.75. The normalized spacial score (nSPS) is 16.1. The Balaban J connectivity index is 1.71. The molecule has 26 heavy (non-hydrogen) atoms. The SMILES string of the molecule is Cc1cc(S(=O)(=O)N2CCN(C(=O)c3cnc(Cl)c(Cl)c3)CC2)c(C)s1. The number of rotatable bonds is 3. The van der Waals surface area contributed by atoms with Gasteiger partial charge >= 0.3 is 0 Å². The lowest BCUT2D eigenvalue weighted by Gasteiger charge is -2.34. The molecule has 0 aromatic carbocycles. The molecule has 140 valence electrons. The number of piperazine rings is 1. The van der Waals surface area contributed by atoms with E-state index in [1.807, 2.05) is 13.8 Å². The van der Waals surface area contributed by atoms with E-state index >= 15 is 0 Å². The van der Waals surface area contributed by atoms with E-state index in [4.69, 9.17) is 23.2 Å². The maximum Gasteiger partial charge on any atom is 0.255 e. The Morgan fingerprint density at radius 1 is 1.15 bits per heavy atom. The third-order valence-corrected chi connectivity index (χ3v) is 7.99. The van der Waals surface area contributed by atoms with E-state index in [1.54, 1.807) is 11.0 Å². The van der Waals surface area contributed by atoms with Crippen molar-refractivity contribution >= 4 is 50.5 Å². The second kappa shape index (κ2) is 7.44. The molecule has 1 saturated heterocycles. The highest BCUT2D eigenvalue weighted by molar-refractivity contribution is 7.89. The molecule has 1 fully saturated rings. The van der Waals surface area contributed by atoms with Crippen LogP contribution in [0, 0.1) is 13.8 Å². The molecule has 3 rings (SSSR count). The number of carbonyl (C=O) groups is 1. The van der Waals surface area contributed by atoms with Crippen LogP contribution in [0.2, 0.25) is 10.2 Å². The molecule has 0 atom stereocenters. The molecule has 0 N–H and O–H groups in total. The van der Waals surface area contributed by atoms with Crippen LogP contribution in [0.15, 0.2) is 23.2 Å². The number of hydrogen-bond acceptors (Lipinski definition) is 5. The van der Waals surface area contributed by atoms with Crippen molar-refractivity contribution < 1.29 is 13.2 Å². The first-order chi connectivity index (χ1) is 12.2. The van der Waals surface area contributed by atoms with Crippen molar-refractivity contribution in [2.75, 3.05) is 26.2 Å². The van der Waals surface area contributed by atoms with Gasteiger partial charge in [-0.3, -0.25) is 4.79 Å². The Bertz CT molecular complexity index is 952. The minimum Gasteiger partial charge on any atom is -0.336 e. The molecule has 1 amide bonds. The summed E-state index contributed by atoms with van der Waals surface area (Å²) in [4.78, 5) is 20.1. The van der Waals surface area contributed by atoms with Gasteiger partial charge in [0, 0.05) is 42.1 Å². The Kier molecular flexibility index (Phi) is 5.60. The highest BCUT2D eigenvalue weighted by Gasteiger charge is 2.32. The number of aromatic nitrogens is 1. The van der Waals surface area contributed by atoms with E-state index in [0.29, 0.717) is 23.5 Å². The minimum absolute atomic E-state index is 0.139. The van der Waals surface area contributed by atoms with Crippen molar-refractivity contribution in [1.29, 1.82) is 0 Å². The number of halogens is 2. The van der Waals surface area contributed by atoms with E-state index < -0.39 is 10.0 Å². The number of amides is 1. The van der Waals surface area contributed by atoms with E-state index in [0.717, 1.165) is 9.75 Å². The number of sulfonamides is 1. The van der Waals surface area contributed by atoms with Crippen molar-refractivity contribution in [1.82, 2.24) is 14.2 Å². The second-order valence-electron chi connectivity index (χ2n) is 5.97. The fourth-order valence-corrected chi connectivity index (χ4v) is 6.07. The van der Waals surface area contributed by atoms with Crippen LogP contribution in [0.1, 0.15) is 20.1 Å². The van der Waals surface area contributed by atoms with Crippen molar-refractivity contribution in [3.63, 3.8) is 0 Å². The molecule has 0 radical (unpaired) electrons. The van der Waals surface area contributed by atoms with Gasteiger partial charge in [0.25, 0.3) is 5.91 Å². The molecule has 0 aliphatic carbocycles. The maximum atomic E-state index is 12.8. The van der Waals surface area contributed by atoms with E-state index in [9.17, 15) is 13.2 Å². The van der Waals surface area contributed by atoms with Gasteiger partial charge in [-0.2, -0.15) is 4.31 Å². The zero-order valence-corrected chi connectivity index (χ0v) is 17.3. The predicted molar refractivity (Wildman–Crippen MR) is 103 cm³/mol. The van der Waals surface area contributed by atoms with Crippen molar-refractivity contribution in [3.8, 4) is 0 Å². The summed E-state index contributed by atoms with van der Waals surface area (Å²) in [7, 11) is -3.54. The molecule has 0 spiro atoms. The fraction of sp³-hybridized carbons (Fsp3) is 0.375. The van der Waals surface area contributed by atoms with Gasteiger partial charge in [0.2, 0.25) is 10.0 Å². The summed E-state index contributed by atoms with van der Waals surface area (Å²) in [5.41, 5.74) is 0.333.